The van der Waals surface area contributed by atoms with Crippen molar-refractivity contribution in [3.8, 4) is 5.75 Å². The molecule has 0 radical (unpaired) electrons. The number of hydrogen-bond donors (Lipinski definition) is 2. The van der Waals surface area contributed by atoms with E-state index >= 15 is 0 Å². The van der Waals surface area contributed by atoms with Crippen LogP contribution in [0.2, 0.25) is 0 Å². The highest BCUT2D eigenvalue weighted by atomic mass is 79.9. The lowest BCUT2D eigenvalue weighted by molar-refractivity contribution is -0.118. The van der Waals surface area contributed by atoms with Crippen molar-refractivity contribution < 1.29 is 18.7 Å². The van der Waals surface area contributed by atoms with Crippen molar-refractivity contribution in [2.24, 2.45) is 0 Å². The van der Waals surface area contributed by atoms with Crippen LogP contribution in [0.15, 0.2) is 89.4 Å². The van der Waals surface area contributed by atoms with Gasteiger partial charge in [-0.2, -0.15) is 0 Å². The van der Waals surface area contributed by atoms with Crippen LogP contribution in [0.5, 0.6) is 5.75 Å². The molecule has 160 valence electrons. The second-order valence-electron chi connectivity index (χ2n) is 6.98. The number of halogens is 2. The van der Waals surface area contributed by atoms with E-state index in [0.717, 1.165) is 15.2 Å². The van der Waals surface area contributed by atoms with E-state index in [-0.39, 0.29) is 24.2 Å². The normalized spacial score (nSPS) is 10.6. The summed E-state index contributed by atoms with van der Waals surface area (Å²) in [6.07, 6.45) is 0. The predicted octanol–water partition coefficient (Wildman–Crippen LogP) is 6.01. The van der Waals surface area contributed by atoms with Gasteiger partial charge in [0, 0.05) is 16.9 Å². The number of fused-ring (bicyclic) bond motifs is 1. The standard InChI is InChI=1S/C25H18BrFN2O3/c26-24-21-7-2-1-4-16(21)8-13-22(24)32-15-23(30)28-20-6-3-5-17(14-20)25(31)29-19-11-9-18(27)10-12-19/h1-14H,15H2,(H,28,30)(H,29,31). The highest BCUT2D eigenvalue weighted by Crippen LogP contribution is 2.33. The second kappa shape index (κ2) is 9.62. The molecule has 0 saturated carbocycles. The molecule has 0 aliphatic heterocycles. The Morgan fingerprint density at radius 2 is 1.62 bits per heavy atom. The SMILES string of the molecule is O=C(COc1ccc2ccccc2c1Br)Nc1cccc(C(=O)Nc2ccc(F)cc2)c1. The van der Waals surface area contributed by atoms with E-state index < -0.39 is 0 Å². The fraction of sp³-hybridized carbons (Fsp3) is 0.0400. The minimum absolute atomic E-state index is 0.192. The van der Waals surface area contributed by atoms with E-state index in [1.54, 1.807) is 30.3 Å². The molecular weight excluding hydrogens is 475 g/mol. The van der Waals surface area contributed by atoms with Gasteiger partial charge in [0.2, 0.25) is 0 Å². The lowest BCUT2D eigenvalue weighted by Crippen LogP contribution is -2.20. The van der Waals surface area contributed by atoms with Crippen molar-refractivity contribution in [3.63, 3.8) is 0 Å². The van der Waals surface area contributed by atoms with Crippen molar-refractivity contribution in [3.05, 3.63) is 101 Å². The summed E-state index contributed by atoms with van der Waals surface area (Å²) in [6.45, 7) is -0.192. The van der Waals surface area contributed by atoms with Crippen molar-refractivity contribution in [2.45, 2.75) is 0 Å². The van der Waals surface area contributed by atoms with Crippen molar-refractivity contribution in [1.82, 2.24) is 0 Å². The van der Waals surface area contributed by atoms with Gasteiger partial charge in [-0.15, -0.1) is 0 Å². The Labute approximate surface area is 192 Å². The minimum Gasteiger partial charge on any atom is -0.483 e. The average molecular weight is 493 g/mol. The maximum Gasteiger partial charge on any atom is 0.262 e. The van der Waals surface area contributed by atoms with Gasteiger partial charge in [0.15, 0.2) is 6.61 Å². The molecule has 0 bridgehead atoms. The fourth-order valence-corrected chi connectivity index (χ4v) is 3.75. The zero-order valence-corrected chi connectivity index (χ0v) is 18.4. The zero-order valence-electron chi connectivity index (χ0n) is 16.8. The lowest BCUT2D eigenvalue weighted by atomic mass is 10.1. The van der Waals surface area contributed by atoms with Gasteiger partial charge in [-0.3, -0.25) is 9.59 Å². The molecule has 0 fully saturated rings. The molecule has 4 rings (SSSR count). The van der Waals surface area contributed by atoms with Crippen LogP contribution in [0, 0.1) is 5.82 Å². The number of anilines is 2. The molecule has 0 unspecified atom stereocenters. The third kappa shape index (κ3) is 5.12. The van der Waals surface area contributed by atoms with Gasteiger partial charge < -0.3 is 15.4 Å². The lowest BCUT2D eigenvalue weighted by Gasteiger charge is -2.11. The Bertz CT molecular complexity index is 1290. The smallest absolute Gasteiger partial charge is 0.262 e. The molecule has 5 nitrogen and oxygen atoms in total. The van der Waals surface area contributed by atoms with Crippen molar-refractivity contribution >= 4 is 49.9 Å². The second-order valence-corrected chi connectivity index (χ2v) is 7.77. The molecule has 0 aliphatic carbocycles. The summed E-state index contributed by atoms with van der Waals surface area (Å²) in [5.41, 5.74) is 1.29. The molecule has 4 aromatic carbocycles. The van der Waals surface area contributed by atoms with Gasteiger partial charge >= 0.3 is 0 Å². The Balaban J connectivity index is 1.38. The van der Waals surface area contributed by atoms with Gasteiger partial charge in [-0.05, 0) is 75.2 Å². The van der Waals surface area contributed by atoms with E-state index in [2.05, 4.69) is 26.6 Å². The first-order valence-corrected chi connectivity index (χ1v) is 10.6. The number of nitrogens with one attached hydrogen (secondary N) is 2. The van der Waals surface area contributed by atoms with Gasteiger partial charge in [-0.25, -0.2) is 4.39 Å². The van der Waals surface area contributed by atoms with Crippen molar-refractivity contribution in [1.29, 1.82) is 0 Å². The van der Waals surface area contributed by atoms with Crippen LogP contribution in [0.1, 0.15) is 10.4 Å². The molecule has 2 amide bonds. The van der Waals surface area contributed by atoms with Crippen LogP contribution < -0.4 is 15.4 Å². The molecule has 0 spiro atoms. The van der Waals surface area contributed by atoms with E-state index in [4.69, 9.17) is 4.74 Å². The van der Waals surface area contributed by atoms with Crippen molar-refractivity contribution in [2.75, 3.05) is 17.2 Å². The van der Waals surface area contributed by atoms with E-state index in [1.165, 1.54) is 24.3 Å². The predicted molar refractivity (Wildman–Crippen MR) is 127 cm³/mol. The number of carbonyl (C=O) groups excluding carboxylic acids is 2. The highest BCUT2D eigenvalue weighted by Gasteiger charge is 2.11. The molecule has 2 N–H and O–H groups in total. The summed E-state index contributed by atoms with van der Waals surface area (Å²) in [6, 6.07) is 23.6. The minimum atomic E-state index is -0.384. The fourth-order valence-electron chi connectivity index (χ4n) is 3.14. The molecule has 0 heterocycles. The average Bonchev–Trinajstić information content (AvgIpc) is 2.80. The van der Waals surface area contributed by atoms with E-state index in [9.17, 15) is 14.0 Å². The van der Waals surface area contributed by atoms with Crippen LogP contribution in [-0.2, 0) is 4.79 Å². The van der Waals surface area contributed by atoms with Gasteiger partial charge in [0.25, 0.3) is 11.8 Å². The molecular formula is C25H18BrFN2O3. The van der Waals surface area contributed by atoms with E-state index in [0.29, 0.717) is 22.7 Å². The zero-order chi connectivity index (χ0) is 22.5. The monoisotopic (exact) mass is 492 g/mol. The first-order valence-electron chi connectivity index (χ1n) is 9.76. The Kier molecular flexibility index (Phi) is 6.47. The summed E-state index contributed by atoms with van der Waals surface area (Å²) in [5.74, 6) is -0.554. The topological polar surface area (TPSA) is 67.4 Å². The summed E-state index contributed by atoms with van der Waals surface area (Å²) < 4.78 is 19.5. The molecule has 0 aliphatic rings. The third-order valence-corrected chi connectivity index (χ3v) is 5.52. The molecule has 4 aromatic rings. The molecule has 0 aromatic heterocycles. The van der Waals surface area contributed by atoms with Gasteiger partial charge in [0.1, 0.15) is 11.6 Å². The summed E-state index contributed by atoms with van der Waals surface area (Å²) in [5, 5.41) is 7.46. The van der Waals surface area contributed by atoms with Crippen LogP contribution in [-0.4, -0.2) is 18.4 Å². The molecule has 7 heteroatoms. The Morgan fingerprint density at radius 3 is 2.44 bits per heavy atom. The van der Waals surface area contributed by atoms with Gasteiger partial charge in [-0.1, -0.05) is 36.4 Å². The Hall–Kier alpha value is -3.71. The van der Waals surface area contributed by atoms with Crippen LogP contribution in [0.25, 0.3) is 10.8 Å². The number of rotatable bonds is 6. The van der Waals surface area contributed by atoms with Crippen LogP contribution >= 0.6 is 15.9 Å². The number of hydrogen-bond acceptors (Lipinski definition) is 3. The van der Waals surface area contributed by atoms with E-state index in [1.807, 2.05) is 30.3 Å². The summed E-state index contributed by atoms with van der Waals surface area (Å²) in [4.78, 5) is 24.8. The van der Waals surface area contributed by atoms with Gasteiger partial charge in [0.05, 0.1) is 4.47 Å². The van der Waals surface area contributed by atoms with Crippen LogP contribution in [0.4, 0.5) is 15.8 Å². The molecule has 0 saturated heterocycles. The molecule has 32 heavy (non-hydrogen) atoms. The number of amides is 2. The number of benzene rings is 4. The van der Waals surface area contributed by atoms with Crippen LogP contribution in [0.3, 0.4) is 0 Å². The highest BCUT2D eigenvalue weighted by molar-refractivity contribution is 9.10. The summed E-state index contributed by atoms with van der Waals surface area (Å²) >= 11 is 3.53. The third-order valence-electron chi connectivity index (χ3n) is 4.70. The number of carbonyl (C=O) groups is 2. The maximum absolute atomic E-state index is 13.0. The number of ether oxygens (including phenoxy) is 1. The quantitative estimate of drug-likeness (QED) is 0.346. The summed E-state index contributed by atoms with van der Waals surface area (Å²) in [7, 11) is 0. The molecule has 0 atom stereocenters. The first-order chi connectivity index (χ1) is 15.5. The largest absolute Gasteiger partial charge is 0.483 e. The Morgan fingerprint density at radius 1 is 0.844 bits per heavy atom. The maximum atomic E-state index is 13.0. The first kappa shape index (κ1) is 21.5.